The van der Waals surface area contributed by atoms with Crippen LogP contribution in [0.2, 0.25) is 0 Å². The SMILES string of the molecule is C=CCc1ccc(O[PH](=O)O)c(CC=C)c1CC=C. The highest BCUT2D eigenvalue weighted by atomic mass is 31.1. The zero-order valence-electron chi connectivity index (χ0n) is 10.9. The fraction of sp³-hybridized carbons (Fsp3) is 0.200. The molecular formula is C15H19O3P. The van der Waals surface area contributed by atoms with Gasteiger partial charge >= 0.3 is 8.25 Å². The normalized spacial score (nSPS) is 11.6. The van der Waals surface area contributed by atoms with Gasteiger partial charge in [-0.15, -0.1) is 19.7 Å². The number of rotatable bonds is 8. The Hall–Kier alpha value is -1.57. The molecule has 0 radical (unpaired) electrons. The van der Waals surface area contributed by atoms with Gasteiger partial charge in [0.05, 0.1) is 0 Å². The third-order valence-electron chi connectivity index (χ3n) is 2.74. The van der Waals surface area contributed by atoms with Crippen molar-refractivity contribution in [1.82, 2.24) is 0 Å². The largest absolute Gasteiger partial charge is 0.426 e. The van der Waals surface area contributed by atoms with Gasteiger partial charge < -0.3 is 9.42 Å². The lowest BCUT2D eigenvalue weighted by Gasteiger charge is -2.16. The van der Waals surface area contributed by atoms with Gasteiger partial charge in [-0.05, 0) is 36.5 Å². The molecule has 0 bridgehead atoms. The first-order valence-corrected chi connectivity index (χ1v) is 7.27. The average molecular weight is 278 g/mol. The molecule has 0 amide bonds. The van der Waals surface area contributed by atoms with Crippen molar-refractivity contribution < 1.29 is 14.0 Å². The Kier molecular flexibility index (Phi) is 6.34. The summed E-state index contributed by atoms with van der Waals surface area (Å²) in [6.45, 7) is 11.2. The molecule has 3 nitrogen and oxygen atoms in total. The van der Waals surface area contributed by atoms with E-state index >= 15 is 0 Å². The molecule has 19 heavy (non-hydrogen) atoms. The summed E-state index contributed by atoms with van der Waals surface area (Å²) in [5.74, 6) is 0.441. The summed E-state index contributed by atoms with van der Waals surface area (Å²) in [7, 11) is -3.01. The topological polar surface area (TPSA) is 46.5 Å². The Labute approximate surface area is 114 Å². The van der Waals surface area contributed by atoms with Crippen LogP contribution in [0.4, 0.5) is 0 Å². The summed E-state index contributed by atoms with van der Waals surface area (Å²) in [5, 5.41) is 0. The Morgan fingerprint density at radius 2 is 1.63 bits per heavy atom. The monoisotopic (exact) mass is 278 g/mol. The first-order valence-electron chi connectivity index (χ1n) is 6.01. The fourth-order valence-electron chi connectivity index (χ4n) is 2.02. The minimum absolute atomic E-state index is 0.441. The molecule has 0 saturated heterocycles. The highest BCUT2D eigenvalue weighted by molar-refractivity contribution is 7.32. The van der Waals surface area contributed by atoms with Crippen LogP contribution in [0, 0.1) is 0 Å². The molecule has 4 heteroatoms. The average Bonchev–Trinajstić information content (AvgIpc) is 2.36. The lowest BCUT2D eigenvalue weighted by atomic mass is 9.93. The molecule has 1 rings (SSSR count). The van der Waals surface area contributed by atoms with Crippen molar-refractivity contribution in [1.29, 1.82) is 0 Å². The summed E-state index contributed by atoms with van der Waals surface area (Å²) in [4.78, 5) is 8.95. The van der Waals surface area contributed by atoms with Crippen molar-refractivity contribution >= 4 is 8.25 Å². The molecule has 0 saturated carbocycles. The van der Waals surface area contributed by atoms with Crippen LogP contribution in [-0.2, 0) is 23.8 Å². The highest BCUT2D eigenvalue weighted by Gasteiger charge is 2.13. The Morgan fingerprint density at radius 1 is 1.05 bits per heavy atom. The number of hydrogen-bond donors (Lipinski definition) is 1. The third-order valence-corrected chi connectivity index (χ3v) is 3.14. The van der Waals surface area contributed by atoms with Crippen LogP contribution in [0.1, 0.15) is 16.7 Å². The molecule has 0 aliphatic carbocycles. The minimum atomic E-state index is -3.01. The maximum absolute atomic E-state index is 10.9. The van der Waals surface area contributed by atoms with Gasteiger partial charge in [-0.25, -0.2) is 4.57 Å². The van der Waals surface area contributed by atoms with Crippen molar-refractivity contribution in [2.75, 3.05) is 0 Å². The van der Waals surface area contributed by atoms with Crippen LogP contribution in [0.5, 0.6) is 5.75 Å². The van der Waals surface area contributed by atoms with E-state index in [0.717, 1.165) is 23.1 Å². The van der Waals surface area contributed by atoms with E-state index in [1.807, 2.05) is 12.1 Å². The van der Waals surface area contributed by atoms with Crippen molar-refractivity contribution in [2.45, 2.75) is 19.3 Å². The van der Waals surface area contributed by atoms with E-state index in [1.54, 1.807) is 18.2 Å². The standard InChI is InChI=1S/C15H19O3P/c1-4-7-12-10-11-15(18-19(16)17)14(9-6-3)13(12)8-5-2/h4-6,10-11,19H,1-3,7-9H2,(H,16,17). The van der Waals surface area contributed by atoms with Crippen LogP contribution in [0.3, 0.4) is 0 Å². The second-order valence-electron chi connectivity index (χ2n) is 4.03. The first kappa shape index (κ1) is 15.5. The van der Waals surface area contributed by atoms with Gasteiger partial charge in [0.2, 0.25) is 0 Å². The van der Waals surface area contributed by atoms with Gasteiger partial charge in [-0.2, -0.15) is 0 Å². The summed E-state index contributed by atoms with van der Waals surface area (Å²) in [6, 6.07) is 3.62. The molecule has 102 valence electrons. The van der Waals surface area contributed by atoms with Crippen LogP contribution in [0.25, 0.3) is 0 Å². The van der Waals surface area contributed by atoms with Gasteiger partial charge in [-0.3, -0.25) is 0 Å². The van der Waals surface area contributed by atoms with Crippen molar-refractivity contribution in [2.24, 2.45) is 0 Å². The van der Waals surface area contributed by atoms with Crippen LogP contribution < -0.4 is 4.52 Å². The zero-order valence-corrected chi connectivity index (χ0v) is 11.9. The molecular weight excluding hydrogens is 259 g/mol. The second kappa shape index (κ2) is 7.78. The second-order valence-corrected chi connectivity index (χ2v) is 4.76. The van der Waals surface area contributed by atoms with E-state index in [9.17, 15) is 4.57 Å². The van der Waals surface area contributed by atoms with Crippen LogP contribution in [-0.4, -0.2) is 4.89 Å². The summed E-state index contributed by atoms with van der Waals surface area (Å²) >= 11 is 0. The summed E-state index contributed by atoms with van der Waals surface area (Å²) < 4.78 is 15.9. The van der Waals surface area contributed by atoms with E-state index in [-0.39, 0.29) is 0 Å². The van der Waals surface area contributed by atoms with E-state index in [4.69, 9.17) is 9.42 Å². The van der Waals surface area contributed by atoms with Crippen molar-refractivity contribution in [3.8, 4) is 5.75 Å². The minimum Gasteiger partial charge on any atom is -0.426 e. The molecule has 0 spiro atoms. The van der Waals surface area contributed by atoms with Gasteiger partial charge in [0.25, 0.3) is 0 Å². The fourth-order valence-corrected chi connectivity index (χ4v) is 2.40. The van der Waals surface area contributed by atoms with Gasteiger partial charge in [-0.1, -0.05) is 24.3 Å². The van der Waals surface area contributed by atoms with Crippen molar-refractivity contribution in [3.63, 3.8) is 0 Å². The molecule has 0 aliphatic rings. The molecule has 0 heterocycles. The van der Waals surface area contributed by atoms with Crippen LogP contribution in [0.15, 0.2) is 50.1 Å². The predicted octanol–water partition coefficient (Wildman–Crippen LogP) is 3.63. The zero-order chi connectivity index (χ0) is 14.3. The molecule has 1 N–H and O–H groups in total. The quantitative estimate of drug-likeness (QED) is 0.583. The number of hydrogen-bond acceptors (Lipinski definition) is 2. The Balaban J connectivity index is 3.37. The Morgan fingerprint density at radius 3 is 2.16 bits per heavy atom. The Bertz CT molecular complexity index is 506. The molecule has 0 aliphatic heterocycles. The molecule has 1 aromatic rings. The smallest absolute Gasteiger partial charge is 0.365 e. The lowest BCUT2D eigenvalue weighted by molar-refractivity contribution is 0.408. The number of benzene rings is 1. The number of allylic oxidation sites excluding steroid dienone is 3. The molecule has 1 unspecified atom stereocenters. The highest BCUT2D eigenvalue weighted by Crippen LogP contribution is 2.32. The predicted molar refractivity (Wildman–Crippen MR) is 80.0 cm³/mol. The van der Waals surface area contributed by atoms with Gasteiger partial charge in [0.15, 0.2) is 0 Å². The van der Waals surface area contributed by atoms with Gasteiger partial charge in [0, 0.05) is 5.56 Å². The van der Waals surface area contributed by atoms with Crippen molar-refractivity contribution in [3.05, 3.63) is 66.8 Å². The molecule has 0 aromatic heterocycles. The van der Waals surface area contributed by atoms with Crippen LogP contribution >= 0.6 is 8.25 Å². The molecule has 0 fully saturated rings. The lowest BCUT2D eigenvalue weighted by Crippen LogP contribution is -2.01. The molecule has 1 aromatic carbocycles. The van der Waals surface area contributed by atoms with E-state index in [2.05, 4.69) is 19.7 Å². The molecule has 1 atom stereocenters. The van der Waals surface area contributed by atoms with E-state index in [1.165, 1.54) is 0 Å². The van der Waals surface area contributed by atoms with E-state index in [0.29, 0.717) is 18.6 Å². The van der Waals surface area contributed by atoms with E-state index < -0.39 is 8.25 Å². The maximum Gasteiger partial charge on any atom is 0.365 e. The first-order chi connectivity index (χ1) is 9.13. The third kappa shape index (κ3) is 4.23. The maximum atomic E-state index is 10.9. The summed E-state index contributed by atoms with van der Waals surface area (Å²) in [6.07, 6.45) is 7.38. The summed E-state index contributed by atoms with van der Waals surface area (Å²) in [5.41, 5.74) is 3.08. The van der Waals surface area contributed by atoms with Gasteiger partial charge in [0.1, 0.15) is 5.75 Å².